The maximum Gasteiger partial charge on any atom is 0.410 e. The predicted molar refractivity (Wildman–Crippen MR) is 116 cm³/mol. The first kappa shape index (κ1) is 22.5. The topological polar surface area (TPSA) is 105 Å². The molecule has 2 aromatic rings. The van der Waals surface area contributed by atoms with Crippen molar-refractivity contribution in [3.05, 3.63) is 30.1 Å². The van der Waals surface area contributed by atoms with Gasteiger partial charge in [-0.1, -0.05) is 6.07 Å². The molecular formula is C21H31N7O3. The number of aromatic nitrogens is 4. The number of hydrogen-bond donors (Lipinski definition) is 1. The van der Waals surface area contributed by atoms with Gasteiger partial charge in [-0.2, -0.15) is 4.68 Å². The quantitative estimate of drug-likeness (QED) is 0.801. The van der Waals surface area contributed by atoms with Crippen LogP contribution in [0.5, 0.6) is 0 Å². The molecule has 1 aliphatic heterocycles. The van der Waals surface area contributed by atoms with Crippen LogP contribution in [0.1, 0.15) is 39.4 Å². The lowest BCUT2D eigenvalue weighted by atomic mass is 9.98. The van der Waals surface area contributed by atoms with Crippen molar-refractivity contribution in [2.75, 3.05) is 32.0 Å². The van der Waals surface area contributed by atoms with Crippen molar-refractivity contribution in [1.29, 1.82) is 0 Å². The molecule has 1 N–H and O–H groups in total. The molecule has 0 aliphatic carbocycles. The highest BCUT2D eigenvalue weighted by Crippen LogP contribution is 2.21. The van der Waals surface area contributed by atoms with Crippen molar-refractivity contribution in [3.63, 3.8) is 0 Å². The van der Waals surface area contributed by atoms with Gasteiger partial charge >= 0.3 is 12.1 Å². The second-order valence-electron chi connectivity index (χ2n) is 8.93. The molecule has 1 unspecified atom stereocenters. The molecule has 3 amide bonds. The fourth-order valence-electron chi connectivity index (χ4n) is 3.59. The summed E-state index contributed by atoms with van der Waals surface area (Å²) >= 11 is 0. The zero-order chi connectivity index (χ0) is 22.6. The van der Waals surface area contributed by atoms with E-state index in [0.29, 0.717) is 31.1 Å². The number of carbonyl (C=O) groups is 2. The molecule has 0 saturated carbocycles. The number of benzene rings is 1. The maximum absolute atomic E-state index is 12.8. The maximum atomic E-state index is 12.8. The molecule has 168 valence electrons. The average molecular weight is 430 g/mol. The van der Waals surface area contributed by atoms with Gasteiger partial charge in [-0.15, -0.1) is 5.10 Å². The number of aryl methyl sites for hydroxylation is 1. The Hall–Kier alpha value is -3.17. The summed E-state index contributed by atoms with van der Waals surface area (Å²) in [5.41, 5.74) is 0.917. The summed E-state index contributed by atoms with van der Waals surface area (Å²) in [6.45, 7) is 9.18. The zero-order valence-electron chi connectivity index (χ0n) is 18.8. The van der Waals surface area contributed by atoms with Crippen LogP contribution in [-0.4, -0.2) is 74.4 Å². The van der Waals surface area contributed by atoms with E-state index >= 15 is 0 Å². The van der Waals surface area contributed by atoms with Gasteiger partial charge in [0.2, 0.25) is 0 Å². The number of hydrogen-bond acceptors (Lipinski definition) is 6. The third kappa shape index (κ3) is 6.16. The van der Waals surface area contributed by atoms with E-state index < -0.39 is 5.60 Å². The van der Waals surface area contributed by atoms with Gasteiger partial charge in [-0.25, -0.2) is 9.59 Å². The van der Waals surface area contributed by atoms with E-state index in [1.165, 1.54) is 0 Å². The number of piperidine rings is 1. The smallest absolute Gasteiger partial charge is 0.410 e. The summed E-state index contributed by atoms with van der Waals surface area (Å²) in [5, 5.41) is 14.5. The Morgan fingerprint density at radius 3 is 2.77 bits per heavy atom. The van der Waals surface area contributed by atoms with E-state index in [0.717, 1.165) is 18.5 Å². The number of nitrogens with zero attached hydrogens (tertiary/aromatic N) is 6. The zero-order valence-corrected chi connectivity index (χ0v) is 18.8. The predicted octanol–water partition coefficient (Wildman–Crippen LogP) is 3.08. The molecule has 10 nitrogen and oxygen atoms in total. The van der Waals surface area contributed by atoms with E-state index in [1.54, 1.807) is 21.5 Å². The summed E-state index contributed by atoms with van der Waals surface area (Å²) in [7, 11) is 1.74. The Morgan fingerprint density at radius 2 is 2.10 bits per heavy atom. The number of urea groups is 1. The average Bonchev–Trinajstić information content (AvgIpc) is 3.13. The SMILES string of the molecule is Cc1nnnn1-c1cccc(NC(=O)N2CCCC(CN(C)C(=O)OC(C)(C)C)C2)c1. The summed E-state index contributed by atoms with van der Waals surface area (Å²) in [4.78, 5) is 28.5. The van der Waals surface area contributed by atoms with Crippen LogP contribution < -0.4 is 5.32 Å². The minimum atomic E-state index is -0.529. The molecule has 1 aromatic carbocycles. The monoisotopic (exact) mass is 429 g/mol. The van der Waals surface area contributed by atoms with Crippen LogP contribution in [0.4, 0.5) is 15.3 Å². The Balaban J connectivity index is 1.58. The second kappa shape index (κ2) is 9.32. The third-order valence-electron chi connectivity index (χ3n) is 5.01. The highest BCUT2D eigenvalue weighted by molar-refractivity contribution is 5.89. The van der Waals surface area contributed by atoms with E-state index in [2.05, 4.69) is 20.8 Å². The molecule has 0 spiro atoms. The molecule has 1 aromatic heterocycles. The van der Waals surface area contributed by atoms with Crippen LogP contribution in [0.25, 0.3) is 5.69 Å². The first-order valence-electron chi connectivity index (χ1n) is 10.5. The molecule has 3 rings (SSSR count). The second-order valence-corrected chi connectivity index (χ2v) is 8.93. The van der Waals surface area contributed by atoms with E-state index in [4.69, 9.17) is 4.74 Å². The number of nitrogens with one attached hydrogen (secondary N) is 1. The Kier molecular flexibility index (Phi) is 6.77. The van der Waals surface area contributed by atoms with Crippen molar-refractivity contribution in [2.45, 2.75) is 46.1 Å². The molecule has 1 aliphatic rings. The summed E-state index contributed by atoms with van der Waals surface area (Å²) in [6, 6.07) is 7.23. The van der Waals surface area contributed by atoms with Crippen LogP contribution in [0.15, 0.2) is 24.3 Å². The van der Waals surface area contributed by atoms with E-state index in [-0.39, 0.29) is 18.0 Å². The van der Waals surface area contributed by atoms with Crippen molar-refractivity contribution in [1.82, 2.24) is 30.0 Å². The summed E-state index contributed by atoms with van der Waals surface area (Å²) < 4.78 is 7.03. The van der Waals surface area contributed by atoms with Gasteiger partial charge < -0.3 is 19.9 Å². The molecule has 10 heteroatoms. The van der Waals surface area contributed by atoms with Crippen molar-refractivity contribution < 1.29 is 14.3 Å². The van der Waals surface area contributed by atoms with Gasteiger partial charge in [-0.05, 0) is 75.1 Å². The van der Waals surface area contributed by atoms with Gasteiger partial charge in [0.1, 0.15) is 5.60 Å². The number of ether oxygens (including phenoxy) is 1. The lowest BCUT2D eigenvalue weighted by molar-refractivity contribution is 0.0253. The van der Waals surface area contributed by atoms with Gasteiger partial charge in [0, 0.05) is 32.4 Å². The molecule has 31 heavy (non-hydrogen) atoms. The number of tetrazole rings is 1. The van der Waals surface area contributed by atoms with E-state index in [1.807, 2.05) is 52.0 Å². The Morgan fingerprint density at radius 1 is 1.32 bits per heavy atom. The van der Waals surface area contributed by atoms with Crippen LogP contribution in [0.2, 0.25) is 0 Å². The number of anilines is 1. The van der Waals surface area contributed by atoms with Crippen LogP contribution >= 0.6 is 0 Å². The Bertz CT molecular complexity index is 922. The molecule has 0 radical (unpaired) electrons. The largest absolute Gasteiger partial charge is 0.444 e. The van der Waals surface area contributed by atoms with Crippen LogP contribution in [-0.2, 0) is 4.74 Å². The number of likely N-dealkylation sites (tertiary alicyclic amines) is 1. The van der Waals surface area contributed by atoms with Crippen molar-refractivity contribution in [3.8, 4) is 5.69 Å². The highest BCUT2D eigenvalue weighted by Gasteiger charge is 2.27. The first-order valence-corrected chi connectivity index (χ1v) is 10.5. The van der Waals surface area contributed by atoms with Crippen LogP contribution in [0.3, 0.4) is 0 Å². The molecule has 1 atom stereocenters. The fraction of sp³-hybridized carbons (Fsp3) is 0.571. The molecular weight excluding hydrogens is 398 g/mol. The standard InChI is InChI=1S/C21H31N7O3/c1-15-23-24-25-28(15)18-10-6-9-17(12-18)22-19(29)27-11-7-8-16(14-27)13-26(5)20(30)31-21(2,3)4/h6,9-10,12,16H,7-8,11,13-14H2,1-5H3,(H,22,29). The van der Waals surface area contributed by atoms with Gasteiger partial charge in [0.05, 0.1) is 5.69 Å². The lowest BCUT2D eigenvalue weighted by Gasteiger charge is -2.35. The lowest BCUT2D eigenvalue weighted by Crippen LogP contribution is -2.46. The van der Waals surface area contributed by atoms with Crippen molar-refractivity contribution in [2.24, 2.45) is 5.92 Å². The minimum Gasteiger partial charge on any atom is -0.444 e. The normalized spacial score (nSPS) is 16.7. The molecule has 1 saturated heterocycles. The summed E-state index contributed by atoms with van der Waals surface area (Å²) in [6.07, 6.45) is 1.51. The fourth-order valence-corrected chi connectivity index (χ4v) is 3.59. The van der Waals surface area contributed by atoms with Gasteiger partial charge in [0.15, 0.2) is 5.82 Å². The highest BCUT2D eigenvalue weighted by atomic mass is 16.6. The molecule has 1 fully saturated rings. The summed E-state index contributed by atoms with van der Waals surface area (Å²) in [5.74, 6) is 0.865. The molecule has 2 heterocycles. The third-order valence-corrected chi connectivity index (χ3v) is 5.01. The number of rotatable bonds is 4. The van der Waals surface area contributed by atoms with Crippen LogP contribution in [0, 0.1) is 12.8 Å². The molecule has 0 bridgehead atoms. The van der Waals surface area contributed by atoms with Gasteiger partial charge in [-0.3, -0.25) is 0 Å². The van der Waals surface area contributed by atoms with Gasteiger partial charge in [0.25, 0.3) is 0 Å². The van der Waals surface area contributed by atoms with Crippen molar-refractivity contribution >= 4 is 17.8 Å². The first-order chi connectivity index (χ1) is 14.6. The Labute approximate surface area is 182 Å². The minimum absolute atomic E-state index is 0.157. The number of carbonyl (C=O) groups excluding carboxylic acids is 2. The van der Waals surface area contributed by atoms with E-state index in [9.17, 15) is 9.59 Å². The number of amides is 3.